The number of thioether (sulfide) groups is 1. The lowest BCUT2D eigenvalue weighted by Crippen LogP contribution is -2.37. The van der Waals surface area contributed by atoms with E-state index in [2.05, 4.69) is 15.3 Å². The molecule has 0 unspecified atom stereocenters. The van der Waals surface area contributed by atoms with Crippen molar-refractivity contribution in [2.45, 2.75) is 0 Å². The smallest absolute Gasteiger partial charge is 0.288 e. The summed E-state index contributed by atoms with van der Waals surface area (Å²) in [6.07, 6.45) is 2.60. The first kappa shape index (κ1) is 13.8. The molecule has 1 aliphatic rings. The molecule has 0 aliphatic carbocycles. The molecule has 7 nitrogen and oxygen atoms in total. The van der Waals surface area contributed by atoms with Crippen LogP contribution in [0.4, 0.5) is 4.79 Å². The first-order valence-corrected chi connectivity index (χ1v) is 6.67. The average molecular weight is 301 g/mol. The summed E-state index contributed by atoms with van der Waals surface area (Å²) in [6.45, 7) is 0.301. The molecule has 0 bridgehead atoms. The van der Waals surface area contributed by atoms with Crippen molar-refractivity contribution in [3.8, 4) is 0 Å². The number of carbonyl (C=O) groups is 3. The molecule has 1 fully saturated rings. The zero-order valence-corrected chi connectivity index (χ0v) is 11.2. The van der Waals surface area contributed by atoms with Gasteiger partial charge in [-0.2, -0.15) is 0 Å². The number of hydrogen-bond donors (Lipinski definition) is 1. The van der Waals surface area contributed by atoms with Crippen LogP contribution in [0.2, 0.25) is 5.15 Å². The molecule has 0 atom stereocenters. The van der Waals surface area contributed by atoms with Crippen LogP contribution in [-0.4, -0.2) is 50.8 Å². The summed E-state index contributed by atoms with van der Waals surface area (Å²) in [5, 5.41) is 2.37. The Balaban J connectivity index is 1.84. The number of halogens is 1. The Morgan fingerprint density at radius 2 is 2.26 bits per heavy atom. The summed E-state index contributed by atoms with van der Waals surface area (Å²) >= 11 is 6.57. The van der Waals surface area contributed by atoms with Crippen LogP contribution < -0.4 is 5.32 Å². The van der Waals surface area contributed by atoms with Crippen molar-refractivity contribution in [3.05, 3.63) is 23.2 Å². The number of amides is 3. The lowest BCUT2D eigenvalue weighted by molar-refractivity contribution is -0.124. The van der Waals surface area contributed by atoms with Gasteiger partial charge in [0, 0.05) is 13.1 Å². The van der Waals surface area contributed by atoms with Gasteiger partial charge in [0.25, 0.3) is 11.1 Å². The molecule has 19 heavy (non-hydrogen) atoms. The van der Waals surface area contributed by atoms with Crippen LogP contribution >= 0.6 is 23.4 Å². The van der Waals surface area contributed by atoms with Crippen LogP contribution in [0.1, 0.15) is 10.5 Å². The van der Waals surface area contributed by atoms with Crippen LogP contribution in [0.25, 0.3) is 0 Å². The maximum absolute atomic E-state index is 11.7. The van der Waals surface area contributed by atoms with Crippen molar-refractivity contribution in [3.63, 3.8) is 0 Å². The minimum Gasteiger partial charge on any atom is -0.349 e. The summed E-state index contributed by atoms with van der Waals surface area (Å²) in [6, 6.07) is 0. The quantitative estimate of drug-likeness (QED) is 0.873. The van der Waals surface area contributed by atoms with Crippen molar-refractivity contribution in [2.24, 2.45) is 0 Å². The Labute approximate surface area is 117 Å². The van der Waals surface area contributed by atoms with Gasteiger partial charge in [0.05, 0.1) is 18.1 Å². The number of carbonyl (C=O) groups excluding carboxylic acids is 3. The van der Waals surface area contributed by atoms with Crippen LogP contribution in [-0.2, 0) is 4.79 Å². The number of imide groups is 1. The molecule has 2 rings (SSSR count). The van der Waals surface area contributed by atoms with Gasteiger partial charge in [0.1, 0.15) is 10.8 Å². The van der Waals surface area contributed by atoms with Gasteiger partial charge in [-0.3, -0.25) is 24.3 Å². The van der Waals surface area contributed by atoms with Gasteiger partial charge >= 0.3 is 0 Å². The van der Waals surface area contributed by atoms with E-state index >= 15 is 0 Å². The molecule has 0 aromatic carbocycles. The van der Waals surface area contributed by atoms with Crippen LogP contribution in [0, 0.1) is 0 Å². The van der Waals surface area contributed by atoms with E-state index in [1.54, 1.807) is 0 Å². The molecule has 0 spiro atoms. The van der Waals surface area contributed by atoms with E-state index in [1.807, 2.05) is 0 Å². The molecular weight excluding hydrogens is 292 g/mol. The SMILES string of the molecule is O=C(NCCN1C(=O)CSC1=O)c1cncc(Cl)n1. The highest BCUT2D eigenvalue weighted by Gasteiger charge is 2.29. The Morgan fingerprint density at radius 1 is 1.47 bits per heavy atom. The largest absolute Gasteiger partial charge is 0.349 e. The fraction of sp³-hybridized carbons (Fsp3) is 0.300. The molecular formula is C10H9ClN4O3S. The summed E-state index contributed by atoms with van der Waals surface area (Å²) in [5.74, 6) is -0.541. The maximum atomic E-state index is 11.7. The average Bonchev–Trinajstić information content (AvgIpc) is 2.70. The second kappa shape index (κ2) is 5.98. The highest BCUT2D eigenvalue weighted by molar-refractivity contribution is 8.14. The maximum Gasteiger partial charge on any atom is 0.288 e. The summed E-state index contributed by atoms with van der Waals surface area (Å²) < 4.78 is 0. The van der Waals surface area contributed by atoms with E-state index in [0.29, 0.717) is 0 Å². The Morgan fingerprint density at radius 3 is 2.89 bits per heavy atom. The molecule has 1 aromatic rings. The molecule has 1 saturated heterocycles. The van der Waals surface area contributed by atoms with E-state index < -0.39 is 5.91 Å². The molecule has 1 aromatic heterocycles. The van der Waals surface area contributed by atoms with Crippen molar-refractivity contribution >= 4 is 40.4 Å². The number of nitrogens with zero attached hydrogens (tertiary/aromatic N) is 3. The molecule has 1 N–H and O–H groups in total. The second-order valence-corrected chi connectivity index (χ2v) is 4.90. The zero-order valence-electron chi connectivity index (χ0n) is 9.63. The first-order chi connectivity index (χ1) is 9.08. The van der Waals surface area contributed by atoms with Gasteiger partial charge in [-0.05, 0) is 0 Å². The van der Waals surface area contributed by atoms with Gasteiger partial charge < -0.3 is 5.32 Å². The second-order valence-electron chi connectivity index (χ2n) is 3.58. The molecule has 100 valence electrons. The van der Waals surface area contributed by atoms with Crippen LogP contribution in [0.3, 0.4) is 0 Å². The van der Waals surface area contributed by atoms with Gasteiger partial charge in [-0.15, -0.1) is 0 Å². The molecule has 0 radical (unpaired) electrons. The fourth-order valence-electron chi connectivity index (χ4n) is 1.42. The predicted molar refractivity (Wildman–Crippen MR) is 68.9 cm³/mol. The summed E-state index contributed by atoms with van der Waals surface area (Å²) in [4.78, 5) is 42.9. The van der Waals surface area contributed by atoms with E-state index in [-0.39, 0.29) is 40.8 Å². The number of aromatic nitrogens is 2. The van der Waals surface area contributed by atoms with Gasteiger partial charge in [0.2, 0.25) is 5.91 Å². The molecule has 3 amide bonds. The van der Waals surface area contributed by atoms with Crippen LogP contribution in [0.5, 0.6) is 0 Å². The van der Waals surface area contributed by atoms with Crippen molar-refractivity contribution < 1.29 is 14.4 Å². The van der Waals surface area contributed by atoms with Gasteiger partial charge in [0.15, 0.2) is 0 Å². The zero-order chi connectivity index (χ0) is 13.8. The molecule has 1 aliphatic heterocycles. The van der Waals surface area contributed by atoms with Crippen molar-refractivity contribution in [1.82, 2.24) is 20.2 Å². The molecule has 2 heterocycles. The Kier molecular flexibility index (Phi) is 4.33. The number of rotatable bonds is 4. The highest BCUT2D eigenvalue weighted by Crippen LogP contribution is 2.17. The topological polar surface area (TPSA) is 92.3 Å². The molecule has 0 saturated carbocycles. The van der Waals surface area contributed by atoms with Crippen molar-refractivity contribution in [2.75, 3.05) is 18.8 Å². The Hall–Kier alpha value is -1.67. The lowest BCUT2D eigenvalue weighted by Gasteiger charge is -2.12. The number of nitrogens with one attached hydrogen (secondary N) is 1. The third kappa shape index (κ3) is 3.42. The highest BCUT2D eigenvalue weighted by atomic mass is 35.5. The summed E-state index contributed by atoms with van der Waals surface area (Å²) in [5.41, 5.74) is 0.0842. The first-order valence-electron chi connectivity index (χ1n) is 5.31. The minimum absolute atomic E-state index is 0.0842. The number of hydrogen-bond acceptors (Lipinski definition) is 6. The van der Waals surface area contributed by atoms with E-state index in [4.69, 9.17) is 11.6 Å². The normalized spacial score (nSPS) is 14.9. The third-order valence-corrected chi connectivity index (χ3v) is 3.34. The molecule has 9 heteroatoms. The van der Waals surface area contributed by atoms with Crippen LogP contribution in [0.15, 0.2) is 12.4 Å². The fourth-order valence-corrected chi connectivity index (χ4v) is 2.32. The summed E-state index contributed by atoms with van der Waals surface area (Å²) in [7, 11) is 0. The van der Waals surface area contributed by atoms with Gasteiger partial charge in [-0.25, -0.2) is 4.98 Å². The van der Waals surface area contributed by atoms with E-state index in [9.17, 15) is 14.4 Å². The standard InChI is InChI=1S/C10H9ClN4O3S/c11-7-4-12-3-6(14-7)9(17)13-1-2-15-8(16)5-19-10(15)18/h3-4H,1-2,5H2,(H,13,17). The monoisotopic (exact) mass is 300 g/mol. The lowest BCUT2D eigenvalue weighted by atomic mass is 10.4. The van der Waals surface area contributed by atoms with E-state index in [1.165, 1.54) is 12.4 Å². The van der Waals surface area contributed by atoms with Gasteiger partial charge in [-0.1, -0.05) is 23.4 Å². The predicted octanol–water partition coefficient (Wildman–Crippen LogP) is 0.555. The third-order valence-electron chi connectivity index (χ3n) is 2.30. The minimum atomic E-state index is -0.457. The van der Waals surface area contributed by atoms with Crippen molar-refractivity contribution in [1.29, 1.82) is 0 Å². The van der Waals surface area contributed by atoms with E-state index in [0.717, 1.165) is 16.7 Å². The Bertz CT molecular complexity index is 523.